The fourth-order valence-corrected chi connectivity index (χ4v) is 2.99. The van der Waals surface area contributed by atoms with Gasteiger partial charge in [0, 0.05) is 49.0 Å². The topological polar surface area (TPSA) is 71.9 Å². The largest absolute Gasteiger partial charge is 0.494 e. The maximum Gasteiger partial charge on any atom is 0.257 e. The molecule has 122 valence electrons. The summed E-state index contributed by atoms with van der Waals surface area (Å²) >= 11 is 0. The van der Waals surface area contributed by atoms with Gasteiger partial charge in [0.05, 0.1) is 18.2 Å². The number of imidazole rings is 1. The van der Waals surface area contributed by atoms with Gasteiger partial charge >= 0.3 is 0 Å². The van der Waals surface area contributed by atoms with Crippen molar-refractivity contribution in [3.63, 3.8) is 0 Å². The summed E-state index contributed by atoms with van der Waals surface area (Å²) in [5, 5.41) is 2.72. The molecule has 0 atom stereocenters. The number of nitrogens with zero attached hydrogens (tertiary/aromatic N) is 2. The van der Waals surface area contributed by atoms with E-state index < -0.39 is 5.82 Å². The van der Waals surface area contributed by atoms with E-state index in [0.29, 0.717) is 11.3 Å². The zero-order chi connectivity index (χ0) is 16.7. The molecule has 7 heteroatoms. The summed E-state index contributed by atoms with van der Waals surface area (Å²) in [7, 11) is 1.39. The zero-order valence-corrected chi connectivity index (χ0v) is 13.0. The quantitative estimate of drug-likeness (QED) is 0.777. The number of aromatic amines is 1. The van der Waals surface area contributed by atoms with Crippen LogP contribution in [0.1, 0.15) is 16.1 Å². The van der Waals surface area contributed by atoms with Crippen LogP contribution in [0.15, 0.2) is 36.8 Å². The number of H-pyrrole nitrogens is 1. The minimum atomic E-state index is -0.526. The summed E-state index contributed by atoms with van der Waals surface area (Å²) < 4.78 is 20.7. The van der Waals surface area contributed by atoms with Gasteiger partial charge in [0.25, 0.3) is 5.91 Å². The molecule has 1 aliphatic rings. The van der Waals surface area contributed by atoms with Gasteiger partial charge in [-0.25, -0.2) is 9.37 Å². The third kappa shape index (κ3) is 2.25. The average Bonchev–Trinajstić information content (AvgIpc) is 3.20. The van der Waals surface area contributed by atoms with Crippen molar-refractivity contribution in [1.82, 2.24) is 14.5 Å². The van der Waals surface area contributed by atoms with Crippen LogP contribution in [-0.2, 0) is 13.0 Å². The number of benzene rings is 1. The number of ether oxygens (including phenoxy) is 1. The molecule has 3 aromatic rings. The Labute approximate surface area is 137 Å². The lowest BCUT2D eigenvalue weighted by Crippen LogP contribution is -2.15. The molecule has 0 saturated heterocycles. The number of nitrogens with one attached hydrogen (secondary N) is 2. The minimum Gasteiger partial charge on any atom is -0.494 e. The van der Waals surface area contributed by atoms with Crippen molar-refractivity contribution in [2.45, 2.75) is 13.0 Å². The van der Waals surface area contributed by atoms with Gasteiger partial charge in [-0.15, -0.1) is 0 Å². The Morgan fingerprint density at radius 1 is 1.46 bits per heavy atom. The number of hydrogen-bond donors (Lipinski definition) is 2. The molecule has 0 radical (unpaired) electrons. The number of amides is 1. The molecule has 6 nitrogen and oxygen atoms in total. The molecule has 1 aromatic carbocycles. The molecule has 0 saturated carbocycles. The zero-order valence-electron chi connectivity index (χ0n) is 13.0. The first-order chi connectivity index (χ1) is 11.7. The predicted molar refractivity (Wildman–Crippen MR) is 86.6 cm³/mol. The highest BCUT2D eigenvalue weighted by atomic mass is 19.1. The smallest absolute Gasteiger partial charge is 0.257 e. The molecule has 4 rings (SSSR count). The second kappa shape index (κ2) is 5.52. The molecule has 2 N–H and O–H groups in total. The number of fused-ring (bicyclic) bond motifs is 3. The van der Waals surface area contributed by atoms with Crippen molar-refractivity contribution >= 4 is 11.6 Å². The molecule has 3 heterocycles. The van der Waals surface area contributed by atoms with E-state index in [-0.39, 0.29) is 11.7 Å². The Kier molecular flexibility index (Phi) is 3.34. The number of carbonyl (C=O) groups is 1. The number of carbonyl (C=O) groups excluding carboxylic acids is 1. The summed E-state index contributed by atoms with van der Waals surface area (Å²) in [6.07, 6.45) is 6.09. The lowest BCUT2D eigenvalue weighted by molar-refractivity contribution is 0.102. The average molecular weight is 326 g/mol. The molecule has 24 heavy (non-hydrogen) atoms. The first-order valence-corrected chi connectivity index (χ1v) is 7.54. The normalized spacial score (nSPS) is 12.4. The summed E-state index contributed by atoms with van der Waals surface area (Å²) in [6.45, 7) is 0.827. The van der Waals surface area contributed by atoms with Crippen LogP contribution in [-0.4, -0.2) is 27.6 Å². The SMILES string of the molecule is COc1ccc(NC(=O)c2c[nH]c3c2-c2nccn2CC3)cc1F. The molecule has 0 unspecified atom stereocenters. The fraction of sp³-hybridized carbons (Fsp3) is 0.176. The minimum absolute atomic E-state index is 0.133. The van der Waals surface area contributed by atoms with E-state index in [2.05, 4.69) is 15.3 Å². The fourth-order valence-electron chi connectivity index (χ4n) is 2.99. The van der Waals surface area contributed by atoms with E-state index in [1.807, 2.05) is 10.8 Å². The van der Waals surface area contributed by atoms with Gasteiger partial charge < -0.3 is 19.6 Å². The van der Waals surface area contributed by atoms with Gasteiger partial charge in [0.15, 0.2) is 11.6 Å². The van der Waals surface area contributed by atoms with Crippen LogP contribution in [0.25, 0.3) is 11.4 Å². The Hall–Kier alpha value is -3.09. The summed E-state index contributed by atoms with van der Waals surface area (Å²) in [5.41, 5.74) is 2.65. The van der Waals surface area contributed by atoms with Crippen LogP contribution in [0.3, 0.4) is 0 Å². The predicted octanol–water partition coefficient (Wildman–Crippen LogP) is 2.83. The van der Waals surface area contributed by atoms with Crippen molar-refractivity contribution in [3.8, 4) is 17.1 Å². The van der Waals surface area contributed by atoms with Gasteiger partial charge in [-0.3, -0.25) is 4.79 Å². The highest BCUT2D eigenvalue weighted by Gasteiger charge is 2.25. The molecule has 1 aliphatic heterocycles. The Morgan fingerprint density at radius 3 is 3.12 bits per heavy atom. The summed E-state index contributed by atoms with van der Waals surface area (Å²) in [6, 6.07) is 4.31. The second-order valence-electron chi connectivity index (χ2n) is 5.55. The summed E-state index contributed by atoms with van der Waals surface area (Å²) in [5.74, 6) is 0.0630. The molecule has 0 bridgehead atoms. The van der Waals surface area contributed by atoms with E-state index in [1.54, 1.807) is 18.5 Å². The third-order valence-corrected chi connectivity index (χ3v) is 4.16. The maximum absolute atomic E-state index is 13.8. The van der Waals surface area contributed by atoms with Gasteiger partial charge in [-0.1, -0.05) is 0 Å². The summed E-state index contributed by atoms with van der Waals surface area (Å²) in [4.78, 5) is 20.1. The Morgan fingerprint density at radius 2 is 2.33 bits per heavy atom. The van der Waals surface area contributed by atoms with Crippen LogP contribution in [0.2, 0.25) is 0 Å². The van der Waals surface area contributed by atoms with Gasteiger partial charge in [-0.2, -0.15) is 0 Å². The maximum atomic E-state index is 13.8. The first kappa shape index (κ1) is 14.5. The number of methoxy groups -OCH3 is 1. The van der Waals surface area contributed by atoms with Gasteiger partial charge in [0.1, 0.15) is 5.82 Å². The van der Waals surface area contributed by atoms with Crippen molar-refractivity contribution < 1.29 is 13.9 Å². The molecule has 2 aromatic heterocycles. The van der Waals surface area contributed by atoms with E-state index >= 15 is 0 Å². The third-order valence-electron chi connectivity index (χ3n) is 4.16. The van der Waals surface area contributed by atoms with Gasteiger partial charge in [0.2, 0.25) is 0 Å². The van der Waals surface area contributed by atoms with Crippen molar-refractivity contribution in [3.05, 3.63) is 53.9 Å². The van der Waals surface area contributed by atoms with Gasteiger partial charge in [-0.05, 0) is 12.1 Å². The monoisotopic (exact) mass is 326 g/mol. The molecular weight excluding hydrogens is 311 g/mol. The van der Waals surface area contributed by atoms with Crippen LogP contribution in [0.4, 0.5) is 10.1 Å². The molecular formula is C17H15FN4O2. The standard InChI is InChI=1S/C17H15FN4O2/c1-24-14-3-2-10(8-12(14)18)21-17(23)11-9-20-13-4-6-22-7-5-19-16(22)15(11)13/h2-3,5,7-9,20H,4,6H2,1H3,(H,21,23). The molecule has 1 amide bonds. The number of hydrogen-bond acceptors (Lipinski definition) is 3. The van der Waals surface area contributed by atoms with E-state index in [0.717, 1.165) is 30.0 Å². The van der Waals surface area contributed by atoms with Crippen LogP contribution in [0, 0.1) is 5.82 Å². The van der Waals surface area contributed by atoms with Crippen molar-refractivity contribution in [2.24, 2.45) is 0 Å². The van der Waals surface area contributed by atoms with E-state index in [1.165, 1.54) is 19.2 Å². The number of aromatic nitrogens is 3. The van der Waals surface area contributed by atoms with Crippen molar-refractivity contribution in [2.75, 3.05) is 12.4 Å². The van der Waals surface area contributed by atoms with E-state index in [4.69, 9.17) is 4.74 Å². The molecule has 0 spiro atoms. The Balaban J connectivity index is 1.65. The second-order valence-corrected chi connectivity index (χ2v) is 5.55. The number of anilines is 1. The highest BCUT2D eigenvalue weighted by molar-refractivity contribution is 6.08. The Bertz CT molecular complexity index is 929. The number of halogens is 1. The lowest BCUT2D eigenvalue weighted by atomic mass is 10.0. The van der Waals surface area contributed by atoms with Crippen LogP contribution in [0.5, 0.6) is 5.75 Å². The van der Waals surface area contributed by atoms with Crippen LogP contribution >= 0.6 is 0 Å². The molecule has 0 fully saturated rings. The lowest BCUT2D eigenvalue weighted by Gasteiger charge is -2.15. The van der Waals surface area contributed by atoms with Crippen molar-refractivity contribution in [1.29, 1.82) is 0 Å². The number of rotatable bonds is 3. The van der Waals surface area contributed by atoms with E-state index in [9.17, 15) is 9.18 Å². The first-order valence-electron chi connectivity index (χ1n) is 7.54. The van der Waals surface area contributed by atoms with Crippen LogP contribution < -0.4 is 10.1 Å². The number of aryl methyl sites for hydroxylation is 2. The molecule has 0 aliphatic carbocycles. The highest BCUT2D eigenvalue weighted by Crippen LogP contribution is 2.31.